The molecule has 0 saturated heterocycles. The van der Waals surface area contributed by atoms with Gasteiger partial charge in [0.15, 0.2) is 0 Å². The van der Waals surface area contributed by atoms with Crippen LogP contribution in [0.2, 0.25) is 0 Å². The molecule has 0 heterocycles. The van der Waals surface area contributed by atoms with Gasteiger partial charge in [-0.05, 0) is 30.9 Å². The second-order valence-electron chi connectivity index (χ2n) is 6.81. The van der Waals surface area contributed by atoms with Crippen LogP contribution < -0.4 is 0 Å². The summed E-state index contributed by atoms with van der Waals surface area (Å²) >= 11 is 0. The van der Waals surface area contributed by atoms with E-state index in [-0.39, 0.29) is 11.9 Å². The minimum atomic E-state index is -0.555. The van der Waals surface area contributed by atoms with Gasteiger partial charge in [-0.2, -0.15) is 0 Å². The summed E-state index contributed by atoms with van der Waals surface area (Å²) < 4.78 is 0. The van der Waals surface area contributed by atoms with Crippen LogP contribution >= 0.6 is 0 Å². The van der Waals surface area contributed by atoms with Crippen molar-refractivity contribution in [3.05, 3.63) is 71.8 Å². The molecule has 134 valence electrons. The smallest absolute Gasteiger partial charge is 0.219 e. The second kappa shape index (κ2) is 8.30. The molecule has 0 aliphatic carbocycles. The molecular formula is C22H29NO2. The van der Waals surface area contributed by atoms with E-state index < -0.39 is 11.5 Å². The highest BCUT2D eigenvalue weighted by Crippen LogP contribution is 2.41. The number of rotatable bonds is 7. The zero-order valence-corrected chi connectivity index (χ0v) is 15.6. The SMILES string of the molecule is CCC(O)C(CC(C)N(C)C(C)=O)(c1ccccc1)c1ccccc1. The quantitative estimate of drug-likeness (QED) is 0.828. The third kappa shape index (κ3) is 3.93. The van der Waals surface area contributed by atoms with Gasteiger partial charge >= 0.3 is 0 Å². The minimum Gasteiger partial charge on any atom is -0.392 e. The van der Waals surface area contributed by atoms with Crippen molar-refractivity contribution in [3.63, 3.8) is 0 Å². The summed E-state index contributed by atoms with van der Waals surface area (Å²) in [6, 6.07) is 20.3. The third-order valence-corrected chi connectivity index (χ3v) is 5.31. The molecule has 2 rings (SSSR count). The zero-order chi connectivity index (χ0) is 18.4. The van der Waals surface area contributed by atoms with Crippen LogP contribution in [0.4, 0.5) is 0 Å². The molecule has 3 heteroatoms. The molecule has 0 spiro atoms. The molecule has 3 nitrogen and oxygen atoms in total. The lowest BCUT2D eigenvalue weighted by Crippen LogP contribution is -2.46. The largest absolute Gasteiger partial charge is 0.392 e. The van der Waals surface area contributed by atoms with E-state index in [0.29, 0.717) is 12.8 Å². The number of aliphatic hydroxyl groups excluding tert-OH is 1. The Morgan fingerprint density at radius 2 is 1.48 bits per heavy atom. The van der Waals surface area contributed by atoms with Gasteiger partial charge in [0.05, 0.1) is 6.10 Å². The molecule has 2 aromatic rings. The van der Waals surface area contributed by atoms with Crippen LogP contribution in [0.25, 0.3) is 0 Å². The maximum absolute atomic E-state index is 11.8. The first-order chi connectivity index (χ1) is 11.9. The lowest BCUT2D eigenvalue weighted by Gasteiger charge is -2.42. The second-order valence-corrected chi connectivity index (χ2v) is 6.81. The predicted octanol–water partition coefficient (Wildman–Crippen LogP) is 4.00. The molecule has 0 aromatic heterocycles. The highest BCUT2D eigenvalue weighted by atomic mass is 16.3. The first-order valence-corrected chi connectivity index (χ1v) is 8.96. The Balaban J connectivity index is 2.62. The van der Waals surface area contributed by atoms with Gasteiger partial charge in [-0.3, -0.25) is 4.79 Å². The van der Waals surface area contributed by atoms with E-state index in [0.717, 1.165) is 11.1 Å². The van der Waals surface area contributed by atoms with Crippen molar-refractivity contribution in [2.75, 3.05) is 7.05 Å². The van der Waals surface area contributed by atoms with Crippen molar-refractivity contribution in [2.24, 2.45) is 0 Å². The normalized spacial score (nSPS) is 14.0. The molecular weight excluding hydrogens is 310 g/mol. The van der Waals surface area contributed by atoms with Gasteiger partial charge in [0.1, 0.15) is 0 Å². The number of hydrogen-bond donors (Lipinski definition) is 1. The Bertz CT molecular complexity index is 629. The van der Waals surface area contributed by atoms with E-state index in [4.69, 9.17) is 0 Å². The maximum Gasteiger partial charge on any atom is 0.219 e. The van der Waals surface area contributed by atoms with Crippen LogP contribution in [0.1, 0.15) is 44.7 Å². The molecule has 0 aliphatic heterocycles. The number of aliphatic hydroxyl groups is 1. The fourth-order valence-electron chi connectivity index (χ4n) is 3.66. The molecule has 0 fully saturated rings. The Kier molecular flexibility index (Phi) is 6.38. The Morgan fingerprint density at radius 1 is 1.04 bits per heavy atom. The van der Waals surface area contributed by atoms with Crippen LogP contribution in [0.15, 0.2) is 60.7 Å². The highest BCUT2D eigenvalue weighted by Gasteiger charge is 2.42. The van der Waals surface area contributed by atoms with Crippen LogP contribution in [0.5, 0.6) is 0 Å². The molecule has 2 unspecified atom stereocenters. The molecule has 1 amide bonds. The average molecular weight is 339 g/mol. The Hall–Kier alpha value is -2.13. The van der Waals surface area contributed by atoms with Crippen molar-refractivity contribution in [1.29, 1.82) is 0 Å². The van der Waals surface area contributed by atoms with Crippen LogP contribution in [0.3, 0.4) is 0 Å². The molecule has 0 radical (unpaired) electrons. The van der Waals surface area contributed by atoms with Crippen LogP contribution in [-0.4, -0.2) is 35.1 Å². The summed E-state index contributed by atoms with van der Waals surface area (Å²) in [4.78, 5) is 13.6. The molecule has 0 aliphatic rings. The number of hydrogen-bond acceptors (Lipinski definition) is 2. The fraction of sp³-hybridized carbons (Fsp3) is 0.409. The van der Waals surface area contributed by atoms with Crippen molar-refractivity contribution in [3.8, 4) is 0 Å². The summed E-state index contributed by atoms with van der Waals surface area (Å²) in [5.41, 5.74) is 1.61. The molecule has 0 bridgehead atoms. The molecule has 25 heavy (non-hydrogen) atoms. The van der Waals surface area contributed by atoms with E-state index >= 15 is 0 Å². The first-order valence-electron chi connectivity index (χ1n) is 8.96. The topological polar surface area (TPSA) is 40.5 Å². The monoisotopic (exact) mass is 339 g/mol. The van der Waals surface area contributed by atoms with Gasteiger partial charge in [0, 0.05) is 25.4 Å². The van der Waals surface area contributed by atoms with Gasteiger partial charge in [0.2, 0.25) is 5.91 Å². The predicted molar refractivity (Wildman–Crippen MR) is 102 cm³/mol. The summed E-state index contributed by atoms with van der Waals surface area (Å²) in [5, 5.41) is 11.1. The number of benzene rings is 2. The van der Waals surface area contributed by atoms with Crippen molar-refractivity contribution < 1.29 is 9.90 Å². The van der Waals surface area contributed by atoms with Gasteiger partial charge < -0.3 is 10.0 Å². The van der Waals surface area contributed by atoms with E-state index in [1.165, 1.54) is 0 Å². The average Bonchev–Trinajstić information content (AvgIpc) is 2.66. The molecule has 2 aromatic carbocycles. The van der Waals surface area contributed by atoms with Crippen LogP contribution in [-0.2, 0) is 10.2 Å². The Labute approximate surface area is 151 Å². The van der Waals surface area contributed by atoms with Gasteiger partial charge in [-0.1, -0.05) is 67.6 Å². The molecule has 1 N–H and O–H groups in total. The van der Waals surface area contributed by atoms with E-state index in [9.17, 15) is 9.90 Å². The van der Waals surface area contributed by atoms with Crippen molar-refractivity contribution in [2.45, 2.75) is 51.2 Å². The van der Waals surface area contributed by atoms with Gasteiger partial charge in [-0.15, -0.1) is 0 Å². The van der Waals surface area contributed by atoms with Gasteiger partial charge in [0.25, 0.3) is 0 Å². The first kappa shape index (κ1) is 19.2. The number of amides is 1. The van der Waals surface area contributed by atoms with Gasteiger partial charge in [-0.25, -0.2) is 0 Å². The summed E-state index contributed by atoms with van der Waals surface area (Å²) in [5.74, 6) is 0.0357. The van der Waals surface area contributed by atoms with Crippen LogP contribution in [0, 0.1) is 0 Å². The summed E-state index contributed by atoms with van der Waals surface area (Å²) in [6.45, 7) is 5.63. The lowest BCUT2D eigenvalue weighted by molar-refractivity contribution is -0.129. The van der Waals surface area contributed by atoms with E-state index in [1.54, 1.807) is 11.8 Å². The summed E-state index contributed by atoms with van der Waals surface area (Å²) in [7, 11) is 1.83. The zero-order valence-electron chi connectivity index (χ0n) is 15.6. The van der Waals surface area contributed by atoms with Crippen molar-refractivity contribution >= 4 is 5.91 Å². The fourth-order valence-corrected chi connectivity index (χ4v) is 3.66. The van der Waals surface area contributed by atoms with E-state index in [2.05, 4.69) is 24.3 Å². The number of carbonyl (C=O) groups excluding carboxylic acids is 1. The molecule has 2 atom stereocenters. The molecule has 0 saturated carbocycles. The maximum atomic E-state index is 11.8. The minimum absolute atomic E-state index is 0.000822. The third-order valence-electron chi connectivity index (χ3n) is 5.31. The number of nitrogens with zero attached hydrogens (tertiary/aromatic N) is 1. The lowest BCUT2D eigenvalue weighted by atomic mass is 9.66. The Morgan fingerprint density at radius 3 is 1.84 bits per heavy atom. The number of carbonyl (C=O) groups is 1. The summed E-state index contributed by atoms with van der Waals surface area (Å²) in [6.07, 6.45) is 0.756. The standard InChI is InChI=1S/C22H29NO2/c1-5-21(25)22(19-12-8-6-9-13-19,20-14-10-7-11-15-20)16-17(2)23(4)18(3)24/h6-15,17,21,25H,5,16H2,1-4H3. The van der Waals surface area contributed by atoms with Crippen molar-refractivity contribution in [1.82, 2.24) is 4.90 Å². The van der Waals surface area contributed by atoms with E-state index in [1.807, 2.05) is 57.3 Å². The highest BCUT2D eigenvalue weighted by molar-refractivity contribution is 5.73.